The van der Waals surface area contributed by atoms with Gasteiger partial charge in [0.1, 0.15) is 12.1 Å². The topological polar surface area (TPSA) is 64.4 Å². The van der Waals surface area contributed by atoms with E-state index < -0.39 is 6.09 Å². The van der Waals surface area contributed by atoms with Gasteiger partial charge in [-0.15, -0.1) is 0 Å². The van der Waals surface area contributed by atoms with Crippen molar-refractivity contribution < 1.29 is 13.9 Å². The highest BCUT2D eigenvalue weighted by Crippen LogP contribution is 2.14. The SMILES string of the molecule is O=C(NCC=Cc1ccc2ocnc2c1)OCc1ccccc1. The molecule has 0 bridgehead atoms. The number of carbonyl (C=O) groups is 1. The summed E-state index contributed by atoms with van der Waals surface area (Å²) >= 11 is 0. The van der Waals surface area contributed by atoms with Gasteiger partial charge in [-0.1, -0.05) is 48.6 Å². The average Bonchev–Trinajstić information content (AvgIpc) is 3.05. The van der Waals surface area contributed by atoms with Gasteiger partial charge >= 0.3 is 6.09 Å². The van der Waals surface area contributed by atoms with Gasteiger partial charge in [0.15, 0.2) is 12.0 Å². The molecule has 3 rings (SSSR count). The van der Waals surface area contributed by atoms with E-state index in [1.54, 1.807) is 0 Å². The van der Waals surface area contributed by atoms with Gasteiger partial charge in [-0.05, 0) is 23.3 Å². The van der Waals surface area contributed by atoms with Crippen LogP contribution < -0.4 is 5.32 Å². The maximum Gasteiger partial charge on any atom is 0.407 e. The Balaban J connectivity index is 1.44. The molecule has 5 heteroatoms. The Kier molecular flexibility index (Phi) is 4.69. The van der Waals surface area contributed by atoms with E-state index in [-0.39, 0.29) is 6.61 Å². The number of oxazole rings is 1. The van der Waals surface area contributed by atoms with Gasteiger partial charge in [0.25, 0.3) is 0 Å². The van der Waals surface area contributed by atoms with Crippen molar-refractivity contribution in [2.45, 2.75) is 6.61 Å². The summed E-state index contributed by atoms with van der Waals surface area (Å²) in [5.41, 5.74) is 3.51. The standard InChI is InChI=1S/C18H16N2O3/c21-18(22-12-15-5-2-1-3-6-15)19-10-4-7-14-8-9-17-16(11-14)20-13-23-17/h1-9,11,13H,10,12H2,(H,19,21). The molecule has 2 aromatic carbocycles. The normalized spacial score (nSPS) is 11.0. The minimum atomic E-state index is -0.439. The second-order valence-corrected chi connectivity index (χ2v) is 4.92. The van der Waals surface area contributed by atoms with E-state index in [1.807, 2.05) is 60.7 Å². The zero-order chi connectivity index (χ0) is 15.9. The van der Waals surface area contributed by atoms with Crippen LogP contribution >= 0.6 is 0 Å². The maximum absolute atomic E-state index is 11.6. The first-order valence-corrected chi connectivity index (χ1v) is 7.25. The van der Waals surface area contributed by atoms with Gasteiger partial charge in [0.05, 0.1) is 0 Å². The molecule has 5 nitrogen and oxygen atoms in total. The number of benzene rings is 2. The van der Waals surface area contributed by atoms with Gasteiger partial charge < -0.3 is 14.5 Å². The summed E-state index contributed by atoms with van der Waals surface area (Å²) < 4.78 is 10.3. The Hall–Kier alpha value is -3.08. The van der Waals surface area contributed by atoms with E-state index in [1.165, 1.54) is 6.39 Å². The highest BCUT2D eigenvalue weighted by molar-refractivity contribution is 5.75. The van der Waals surface area contributed by atoms with Crippen LogP contribution in [0.15, 0.2) is 65.4 Å². The molecule has 23 heavy (non-hydrogen) atoms. The van der Waals surface area contributed by atoms with E-state index in [9.17, 15) is 4.79 Å². The van der Waals surface area contributed by atoms with E-state index >= 15 is 0 Å². The molecule has 1 amide bonds. The number of nitrogens with zero attached hydrogens (tertiary/aromatic N) is 1. The van der Waals surface area contributed by atoms with Crippen LogP contribution in [0.1, 0.15) is 11.1 Å². The van der Waals surface area contributed by atoms with Crippen molar-refractivity contribution in [2.75, 3.05) is 6.54 Å². The lowest BCUT2D eigenvalue weighted by Gasteiger charge is -2.05. The molecule has 3 aromatic rings. The summed E-state index contributed by atoms with van der Waals surface area (Å²) in [5.74, 6) is 0. The third kappa shape index (κ3) is 4.20. The summed E-state index contributed by atoms with van der Waals surface area (Å²) in [6, 6.07) is 15.3. The number of hydrogen-bond donors (Lipinski definition) is 1. The lowest BCUT2D eigenvalue weighted by atomic mass is 10.2. The predicted molar refractivity (Wildman–Crippen MR) is 87.7 cm³/mol. The molecule has 0 fully saturated rings. The molecule has 0 atom stereocenters. The predicted octanol–water partition coefficient (Wildman–Crippen LogP) is 3.77. The highest BCUT2D eigenvalue weighted by atomic mass is 16.5. The van der Waals surface area contributed by atoms with Crippen molar-refractivity contribution in [1.82, 2.24) is 10.3 Å². The van der Waals surface area contributed by atoms with Gasteiger partial charge in [-0.25, -0.2) is 9.78 Å². The third-order valence-corrected chi connectivity index (χ3v) is 3.24. The minimum Gasteiger partial charge on any atom is -0.445 e. The average molecular weight is 308 g/mol. The zero-order valence-electron chi connectivity index (χ0n) is 12.4. The molecule has 0 aliphatic heterocycles. The van der Waals surface area contributed by atoms with E-state index in [0.717, 1.165) is 22.2 Å². The van der Waals surface area contributed by atoms with Crippen molar-refractivity contribution >= 4 is 23.3 Å². The monoisotopic (exact) mass is 308 g/mol. The molecule has 0 spiro atoms. The van der Waals surface area contributed by atoms with Crippen molar-refractivity contribution in [3.8, 4) is 0 Å². The van der Waals surface area contributed by atoms with E-state index in [2.05, 4.69) is 10.3 Å². The fourth-order valence-electron chi connectivity index (χ4n) is 2.09. The second-order valence-electron chi connectivity index (χ2n) is 4.92. The van der Waals surface area contributed by atoms with Gasteiger partial charge in [-0.3, -0.25) is 0 Å². The summed E-state index contributed by atoms with van der Waals surface area (Å²) in [6.07, 6.45) is 4.74. The first-order valence-electron chi connectivity index (χ1n) is 7.25. The fourth-order valence-corrected chi connectivity index (χ4v) is 2.09. The zero-order valence-corrected chi connectivity index (χ0v) is 12.4. The van der Waals surface area contributed by atoms with Crippen molar-refractivity contribution in [3.63, 3.8) is 0 Å². The van der Waals surface area contributed by atoms with Crippen molar-refractivity contribution in [2.24, 2.45) is 0 Å². The Morgan fingerprint density at radius 3 is 2.96 bits per heavy atom. The number of rotatable bonds is 5. The molecule has 1 heterocycles. The number of carbonyl (C=O) groups excluding carboxylic acids is 1. The smallest absolute Gasteiger partial charge is 0.407 e. The van der Waals surface area contributed by atoms with Gasteiger partial charge in [0, 0.05) is 6.54 Å². The van der Waals surface area contributed by atoms with Crippen LogP contribution in [0.5, 0.6) is 0 Å². The van der Waals surface area contributed by atoms with Crippen LogP contribution in [0.25, 0.3) is 17.2 Å². The lowest BCUT2D eigenvalue weighted by molar-refractivity contribution is 0.141. The van der Waals surface area contributed by atoms with Crippen LogP contribution in [-0.2, 0) is 11.3 Å². The molecule has 0 saturated heterocycles. The molecule has 0 aliphatic rings. The largest absolute Gasteiger partial charge is 0.445 e. The minimum absolute atomic E-state index is 0.263. The maximum atomic E-state index is 11.6. The number of alkyl carbamates (subject to hydrolysis) is 1. The van der Waals surface area contributed by atoms with Crippen LogP contribution in [0.4, 0.5) is 4.79 Å². The number of nitrogens with one attached hydrogen (secondary N) is 1. The molecular weight excluding hydrogens is 292 g/mol. The summed E-state index contributed by atoms with van der Waals surface area (Å²) in [4.78, 5) is 15.7. The van der Waals surface area contributed by atoms with Crippen LogP contribution in [0, 0.1) is 0 Å². The van der Waals surface area contributed by atoms with Crippen LogP contribution in [0.2, 0.25) is 0 Å². The van der Waals surface area contributed by atoms with Crippen LogP contribution in [-0.4, -0.2) is 17.6 Å². The number of hydrogen-bond acceptors (Lipinski definition) is 4. The molecule has 0 radical (unpaired) electrons. The summed E-state index contributed by atoms with van der Waals surface area (Å²) in [7, 11) is 0. The quantitative estimate of drug-likeness (QED) is 0.779. The molecule has 0 unspecified atom stereocenters. The molecule has 0 aliphatic carbocycles. The highest BCUT2D eigenvalue weighted by Gasteiger charge is 2.00. The van der Waals surface area contributed by atoms with Crippen molar-refractivity contribution in [3.05, 3.63) is 72.1 Å². The Morgan fingerprint density at radius 1 is 1.22 bits per heavy atom. The first-order chi connectivity index (χ1) is 11.3. The van der Waals surface area contributed by atoms with E-state index in [0.29, 0.717) is 6.54 Å². The van der Waals surface area contributed by atoms with Crippen molar-refractivity contribution in [1.29, 1.82) is 0 Å². The van der Waals surface area contributed by atoms with E-state index in [4.69, 9.17) is 9.15 Å². The molecular formula is C18H16N2O3. The van der Waals surface area contributed by atoms with Gasteiger partial charge in [0.2, 0.25) is 0 Å². The Labute approximate surface area is 133 Å². The van der Waals surface area contributed by atoms with Gasteiger partial charge in [-0.2, -0.15) is 0 Å². The molecule has 1 N–H and O–H groups in total. The fraction of sp³-hybridized carbons (Fsp3) is 0.111. The Bertz CT molecular complexity index is 809. The lowest BCUT2D eigenvalue weighted by Crippen LogP contribution is -2.24. The third-order valence-electron chi connectivity index (χ3n) is 3.24. The first kappa shape index (κ1) is 14.8. The summed E-state index contributed by atoms with van der Waals surface area (Å²) in [5, 5.41) is 2.67. The number of amides is 1. The van der Waals surface area contributed by atoms with Crippen LogP contribution in [0.3, 0.4) is 0 Å². The summed E-state index contributed by atoms with van der Waals surface area (Å²) in [6.45, 7) is 0.656. The molecule has 116 valence electrons. The second kappa shape index (κ2) is 7.26. The number of aromatic nitrogens is 1. The molecule has 0 saturated carbocycles. The molecule has 1 aromatic heterocycles. The Morgan fingerprint density at radius 2 is 2.09 bits per heavy atom. The number of ether oxygens (including phenoxy) is 1. The number of fused-ring (bicyclic) bond motifs is 1.